The Morgan fingerprint density at radius 1 is 1.00 bits per heavy atom. The maximum absolute atomic E-state index is 14.7. The van der Waals surface area contributed by atoms with Crippen LogP contribution in [0.4, 0.5) is 5.69 Å². The number of hydrogen-bond acceptors (Lipinski definition) is 7. The summed E-state index contributed by atoms with van der Waals surface area (Å²) in [7, 11) is 0. The first-order valence-electron chi connectivity index (χ1n) is 15.0. The van der Waals surface area contributed by atoms with Crippen LogP contribution in [0, 0.1) is 39.2 Å². The van der Waals surface area contributed by atoms with Gasteiger partial charge in [0.05, 0.1) is 4.92 Å². The predicted octanol–water partition coefficient (Wildman–Crippen LogP) is 5.38. The van der Waals surface area contributed by atoms with Gasteiger partial charge in [-0.3, -0.25) is 34.6 Å². The molecule has 43 heavy (non-hydrogen) atoms. The Labute approximate surface area is 251 Å². The van der Waals surface area contributed by atoms with Gasteiger partial charge in [0.2, 0.25) is 0 Å². The van der Waals surface area contributed by atoms with Gasteiger partial charge in [0.25, 0.3) is 11.6 Å². The Morgan fingerprint density at radius 2 is 1.58 bits per heavy atom. The van der Waals surface area contributed by atoms with Gasteiger partial charge in [0.1, 0.15) is 11.4 Å². The van der Waals surface area contributed by atoms with Crippen LogP contribution in [0.1, 0.15) is 55.1 Å². The Balaban J connectivity index is 1.37. The minimum atomic E-state index is -1.02. The number of carbonyl (C=O) groups excluding carboxylic acids is 2. The summed E-state index contributed by atoms with van der Waals surface area (Å²) in [6.07, 6.45) is 11.5. The normalized spacial score (nSPS) is 26.1. The van der Waals surface area contributed by atoms with E-state index in [-0.39, 0.29) is 17.4 Å². The van der Waals surface area contributed by atoms with E-state index in [2.05, 4.69) is 36.1 Å². The lowest BCUT2D eigenvalue weighted by molar-refractivity contribution is -0.384. The number of benzene rings is 1. The summed E-state index contributed by atoms with van der Waals surface area (Å²) in [5.41, 5.74) is 1.46. The van der Waals surface area contributed by atoms with Crippen molar-refractivity contribution in [2.24, 2.45) is 29.1 Å². The highest BCUT2D eigenvalue weighted by Gasteiger charge is 2.57. The van der Waals surface area contributed by atoms with Crippen molar-refractivity contribution in [3.05, 3.63) is 112 Å². The van der Waals surface area contributed by atoms with Crippen LogP contribution in [0.2, 0.25) is 0 Å². The second-order valence-electron chi connectivity index (χ2n) is 13.1. The van der Waals surface area contributed by atoms with Crippen molar-refractivity contribution in [3.63, 3.8) is 0 Å². The number of ketones is 1. The highest BCUT2D eigenvalue weighted by Crippen LogP contribution is 2.63. The summed E-state index contributed by atoms with van der Waals surface area (Å²) in [5, 5.41) is 14.7. The number of nitrogens with zero attached hydrogens (tertiary/aromatic N) is 4. The third-order valence-corrected chi connectivity index (χ3v) is 10.4. The van der Waals surface area contributed by atoms with Crippen molar-refractivity contribution in [2.75, 3.05) is 6.54 Å². The van der Waals surface area contributed by atoms with Crippen molar-refractivity contribution < 1.29 is 14.5 Å². The van der Waals surface area contributed by atoms with Gasteiger partial charge in [0.15, 0.2) is 5.78 Å². The summed E-state index contributed by atoms with van der Waals surface area (Å²) in [6.45, 7) is 7.57. The van der Waals surface area contributed by atoms with Gasteiger partial charge >= 0.3 is 0 Å². The largest absolute Gasteiger partial charge is 0.357 e. The molecule has 4 fully saturated rings. The molecule has 4 unspecified atom stereocenters. The number of nitro groups is 1. The zero-order valence-corrected chi connectivity index (χ0v) is 24.8. The van der Waals surface area contributed by atoms with Crippen molar-refractivity contribution in [1.29, 1.82) is 0 Å². The van der Waals surface area contributed by atoms with Crippen molar-refractivity contribution in [3.8, 4) is 0 Å². The van der Waals surface area contributed by atoms with Gasteiger partial charge < -0.3 is 5.32 Å². The minimum absolute atomic E-state index is 0.0606. The van der Waals surface area contributed by atoms with Gasteiger partial charge in [-0.15, -0.1) is 0 Å². The fraction of sp³-hybridized carbons (Fsp3) is 0.412. The summed E-state index contributed by atoms with van der Waals surface area (Å²) in [4.78, 5) is 49.0. The first-order chi connectivity index (χ1) is 20.6. The van der Waals surface area contributed by atoms with E-state index >= 15 is 0 Å². The molecule has 222 valence electrons. The molecule has 2 bridgehead atoms. The molecule has 1 saturated heterocycles. The maximum atomic E-state index is 14.7. The number of non-ortho nitro benzene ring substituents is 1. The first kappa shape index (κ1) is 28.7. The molecule has 9 heteroatoms. The Kier molecular flexibility index (Phi) is 7.36. The fourth-order valence-corrected chi connectivity index (χ4v) is 7.72. The molecule has 3 aromatic rings. The molecule has 7 rings (SSSR count). The highest BCUT2D eigenvalue weighted by atomic mass is 16.6. The number of rotatable bonds is 9. The molecular weight excluding hydrogens is 542 g/mol. The van der Waals surface area contributed by atoms with Crippen molar-refractivity contribution in [2.45, 2.75) is 52.0 Å². The number of nitrogens with one attached hydrogen (secondary N) is 1. The average molecular weight is 580 g/mol. The number of amides is 1. The molecule has 0 radical (unpaired) electrons. The Hall–Kier alpha value is -4.40. The molecule has 1 amide bonds. The number of carbonyl (C=O) groups is 2. The molecule has 2 aromatic heterocycles. The van der Waals surface area contributed by atoms with Gasteiger partial charge in [-0.05, 0) is 89.5 Å². The van der Waals surface area contributed by atoms with Gasteiger partial charge in [-0.25, -0.2) is 0 Å². The Morgan fingerprint density at radius 3 is 2.09 bits per heavy atom. The van der Waals surface area contributed by atoms with Crippen LogP contribution in [-0.2, 0) is 17.6 Å². The molecular formula is C34H37N5O4. The number of pyridine rings is 2. The molecule has 1 aromatic carbocycles. The fourth-order valence-electron chi connectivity index (χ4n) is 7.72. The molecule has 1 aliphatic heterocycles. The van der Waals surface area contributed by atoms with Gasteiger partial charge in [-0.2, -0.15) is 0 Å². The zero-order valence-electron chi connectivity index (χ0n) is 24.8. The van der Waals surface area contributed by atoms with Crippen LogP contribution >= 0.6 is 0 Å². The molecule has 4 aliphatic rings. The number of fused-ring (bicyclic) bond motifs is 2. The summed E-state index contributed by atoms with van der Waals surface area (Å²) < 4.78 is 0. The smallest absolute Gasteiger partial charge is 0.269 e. The average Bonchev–Trinajstić information content (AvgIpc) is 3.23. The molecule has 3 aliphatic carbocycles. The zero-order chi connectivity index (χ0) is 30.4. The predicted molar refractivity (Wildman–Crippen MR) is 162 cm³/mol. The molecule has 1 N–H and O–H groups in total. The molecule has 4 atom stereocenters. The topological polar surface area (TPSA) is 118 Å². The van der Waals surface area contributed by atoms with E-state index in [1.54, 1.807) is 29.7 Å². The van der Waals surface area contributed by atoms with Crippen molar-refractivity contribution >= 4 is 17.4 Å². The lowest BCUT2D eigenvalue weighted by Gasteiger charge is -2.62. The lowest BCUT2D eigenvalue weighted by Crippen LogP contribution is -2.57. The van der Waals surface area contributed by atoms with E-state index in [4.69, 9.17) is 0 Å². The first-order valence-corrected chi connectivity index (χ1v) is 15.0. The van der Waals surface area contributed by atoms with Gasteiger partial charge in [0, 0.05) is 67.9 Å². The van der Waals surface area contributed by atoms with E-state index < -0.39 is 10.5 Å². The van der Waals surface area contributed by atoms with E-state index in [0.29, 0.717) is 59.9 Å². The summed E-state index contributed by atoms with van der Waals surface area (Å²) in [6, 6.07) is 13.2. The molecule has 9 nitrogen and oxygen atoms in total. The summed E-state index contributed by atoms with van der Waals surface area (Å²) in [5.74, 6) is 2.12. The SMILES string of the molecule is CC1C(CN2C(=O)C(Cc3ccncc3)(Cc3ccncc3)NC2=CC(=O)c2ccc([N+](=O)[O-])cc2)CC2CC1C2(C)C. The van der Waals surface area contributed by atoms with E-state index in [1.807, 2.05) is 24.3 Å². The maximum Gasteiger partial charge on any atom is 0.269 e. The van der Waals surface area contributed by atoms with E-state index in [9.17, 15) is 19.7 Å². The van der Waals surface area contributed by atoms with E-state index in [1.165, 1.54) is 36.8 Å². The number of allylic oxidation sites excluding steroid dienone is 1. The van der Waals surface area contributed by atoms with E-state index in [0.717, 1.165) is 17.5 Å². The van der Waals surface area contributed by atoms with Crippen LogP contribution in [0.25, 0.3) is 0 Å². The van der Waals surface area contributed by atoms with Crippen LogP contribution in [-0.4, -0.2) is 43.6 Å². The monoisotopic (exact) mass is 579 g/mol. The van der Waals surface area contributed by atoms with Crippen LogP contribution in [0.3, 0.4) is 0 Å². The standard InChI is InChI=1S/C34H37N5O4/c1-22-26(16-27-17-29(22)33(27,2)3)21-38-31(18-30(40)25-4-6-28(7-5-25)39(42)43)37-34(32(38)41,19-23-8-12-35-13-9-23)20-24-10-14-36-15-11-24/h4-15,18,22,26-27,29,37H,16-17,19-21H2,1-3H3. The minimum Gasteiger partial charge on any atom is -0.357 e. The number of hydrogen-bond donors (Lipinski definition) is 1. The summed E-state index contributed by atoms with van der Waals surface area (Å²) >= 11 is 0. The number of aromatic nitrogens is 2. The van der Waals surface area contributed by atoms with Crippen LogP contribution < -0.4 is 5.32 Å². The second kappa shape index (κ2) is 11.0. The lowest BCUT2D eigenvalue weighted by atomic mass is 9.43. The molecule has 3 heterocycles. The quantitative estimate of drug-likeness (QED) is 0.156. The van der Waals surface area contributed by atoms with Crippen LogP contribution in [0.15, 0.2) is 85.2 Å². The third kappa shape index (κ3) is 5.32. The van der Waals surface area contributed by atoms with Crippen molar-refractivity contribution in [1.82, 2.24) is 20.2 Å². The number of nitro benzene ring substituents is 1. The van der Waals surface area contributed by atoms with Crippen LogP contribution in [0.5, 0.6) is 0 Å². The second-order valence-corrected chi connectivity index (χ2v) is 13.1. The highest BCUT2D eigenvalue weighted by molar-refractivity contribution is 6.06. The van der Waals surface area contributed by atoms with Gasteiger partial charge in [-0.1, -0.05) is 20.8 Å². The Bertz CT molecular complexity index is 1510. The third-order valence-electron chi connectivity index (χ3n) is 10.4. The molecule has 0 spiro atoms. The molecule has 3 saturated carbocycles.